The molecule has 1 unspecified atom stereocenters. The van der Waals surface area contributed by atoms with Gasteiger partial charge in [-0.1, -0.05) is 6.07 Å². The Morgan fingerprint density at radius 1 is 1.38 bits per heavy atom. The van der Waals surface area contributed by atoms with Crippen molar-refractivity contribution in [2.75, 3.05) is 26.2 Å². The van der Waals surface area contributed by atoms with Crippen LogP contribution in [0.15, 0.2) is 40.9 Å². The lowest BCUT2D eigenvalue weighted by Gasteiger charge is -2.26. The summed E-state index contributed by atoms with van der Waals surface area (Å²) in [4.78, 5) is 16.4. The maximum Gasteiger partial charge on any atom is 0.416 e. The second-order valence-corrected chi connectivity index (χ2v) is 8.18. The van der Waals surface area contributed by atoms with Gasteiger partial charge >= 0.3 is 6.18 Å². The average Bonchev–Trinajstić information content (AvgIpc) is 2.70. The van der Waals surface area contributed by atoms with E-state index in [1.165, 1.54) is 13.0 Å². The Hall–Kier alpha value is -2.15. The number of hydrogen-bond donors (Lipinski definition) is 3. The SMILES string of the molecule is CC(ONC1=CCN(S(=O)(=O)c2cccc(C(F)(F)F)c2)CC1)C(=O)NCCO. The number of nitrogens with zero attached hydrogens (tertiary/aromatic N) is 1. The van der Waals surface area contributed by atoms with Crippen LogP contribution in [-0.2, 0) is 25.8 Å². The zero-order valence-electron chi connectivity index (χ0n) is 15.6. The van der Waals surface area contributed by atoms with E-state index < -0.39 is 38.7 Å². The summed E-state index contributed by atoms with van der Waals surface area (Å²) < 4.78 is 64.9. The molecule has 1 amide bonds. The van der Waals surface area contributed by atoms with Crippen molar-refractivity contribution in [3.05, 3.63) is 41.6 Å². The van der Waals surface area contributed by atoms with Gasteiger partial charge in [0, 0.05) is 31.8 Å². The first-order chi connectivity index (χ1) is 13.6. The number of halogens is 3. The van der Waals surface area contributed by atoms with Crippen LogP contribution in [0.25, 0.3) is 0 Å². The smallest absolute Gasteiger partial charge is 0.395 e. The molecular formula is C17H22F3N3O5S. The Morgan fingerprint density at radius 2 is 2.10 bits per heavy atom. The van der Waals surface area contributed by atoms with Crippen molar-refractivity contribution in [1.29, 1.82) is 0 Å². The highest BCUT2D eigenvalue weighted by molar-refractivity contribution is 7.89. The van der Waals surface area contributed by atoms with Gasteiger partial charge in [-0.25, -0.2) is 8.42 Å². The lowest BCUT2D eigenvalue weighted by atomic mass is 10.2. The minimum absolute atomic E-state index is 0.0336. The number of nitrogens with one attached hydrogen (secondary N) is 2. The molecule has 0 aromatic heterocycles. The van der Waals surface area contributed by atoms with Crippen LogP contribution in [0.1, 0.15) is 18.9 Å². The summed E-state index contributed by atoms with van der Waals surface area (Å²) >= 11 is 0. The number of amides is 1. The fraction of sp³-hybridized carbons (Fsp3) is 0.471. The summed E-state index contributed by atoms with van der Waals surface area (Å²) in [6.45, 7) is 1.36. The van der Waals surface area contributed by atoms with Crippen molar-refractivity contribution in [3.8, 4) is 0 Å². The van der Waals surface area contributed by atoms with Crippen molar-refractivity contribution in [1.82, 2.24) is 15.1 Å². The van der Waals surface area contributed by atoms with E-state index in [1.807, 2.05) is 0 Å². The summed E-state index contributed by atoms with van der Waals surface area (Å²) in [6, 6.07) is 3.60. The van der Waals surface area contributed by atoms with E-state index in [-0.39, 0.29) is 32.7 Å². The lowest BCUT2D eigenvalue weighted by molar-refractivity contribution is -0.137. The van der Waals surface area contributed by atoms with Gasteiger partial charge in [0.25, 0.3) is 5.91 Å². The summed E-state index contributed by atoms with van der Waals surface area (Å²) in [5.74, 6) is -0.434. The zero-order chi connectivity index (χ0) is 21.7. The Bertz CT molecular complexity index is 858. The van der Waals surface area contributed by atoms with Gasteiger partial charge in [-0.05, 0) is 31.2 Å². The quantitative estimate of drug-likeness (QED) is 0.524. The molecule has 0 spiro atoms. The second kappa shape index (κ2) is 9.57. The number of aliphatic hydroxyl groups excluding tert-OH is 1. The number of hydroxylamine groups is 1. The van der Waals surface area contributed by atoms with Gasteiger partial charge in [-0.3, -0.25) is 15.1 Å². The lowest BCUT2D eigenvalue weighted by Crippen LogP contribution is -2.40. The van der Waals surface area contributed by atoms with Crippen molar-refractivity contribution in [2.24, 2.45) is 0 Å². The molecule has 1 aromatic carbocycles. The van der Waals surface area contributed by atoms with E-state index in [0.29, 0.717) is 11.8 Å². The topological polar surface area (TPSA) is 108 Å². The second-order valence-electron chi connectivity index (χ2n) is 6.24. The third-order valence-electron chi connectivity index (χ3n) is 4.12. The number of carbonyl (C=O) groups is 1. The van der Waals surface area contributed by atoms with Gasteiger partial charge < -0.3 is 10.4 Å². The molecule has 0 fully saturated rings. The number of sulfonamides is 1. The standard InChI is InChI=1S/C17H22F3N3O5S/c1-12(16(25)21-7-10-24)28-22-14-5-8-23(9-6-14)29(26,27)15-4-2-3-13(11-15)17(18,19)20/h2-5,11-12,22,24H,6-10H2,1H3,(H,21,25). The van der Waals surface area contributed by atoms with E-state index in [0.717, 1.165) is 22.5 Å². The fourth-order valence-corrected chi connectivity index (χ4v) is 3.91. The van der Waals surface area contributed by atoms with Gasteiger partial charge in [-0.15, -0.1) is 0 Å². The third-order valence-corrected chi connectivity index (χ3v) is 5.98. The molecule has 0 saturated heterocycles. The molecule has 1 aromatic rings. The minimum Gasteiger partial charge on any atom is -0.395 e. The Morgan fingerprint density at radius 3 is 2.69 bits per heavy atom. The molecule has 0 bridgehead atoms. The molecule has 1 atom stereocenters. The summed E-state index contributed by atoms with van der Waals surface area (Å²) in [7, 11) is -4.09. The maximum atomic E-state index is 12.8. The Labute approximate surface area is 166 Å². The van der Waals surface area contributed by atoms with Gasteiger partial charge in [0.2, 0.25) is 10.0 Å². The van der Waals surface area contributed by atoms with E-state index in [9.17, 15) is 26.4 Å². The largest absolute Gasteiger partial charge is 0.416 e. The van der Waals surface area contributed by atoms with E-state index in [4.69, 9.17) is 9.94 Å². The monoisotopic (exact) mass is 437 g/mol. The molecular weight excluding hydrogens is 415 g/mol. The summed E-state index contributed by atoms with van der Waals surface area (Å²) in [6.07, 6.45) is -3.74. The Balaban J connectivity index is 1.98. The number of carbonyl (C=O) groups excluding carboxylic acids is 1. The highest BCUT2D eigenvalue weighted by atomic mass is 32.2. The predicted molar refractivity (Wildman–Crippen MR) is 96.7 cm³/mol. The van der Waals surface area contributed by atoms with E-state index in [2.05, 4.69) is 10.8 Å². The fourth-order valence-electron chi connectivity index (χ4n) is 2.48. The van der Waals surface area contributed by atoms with Crippen LogP contribution in [0, 0.1) is 0 Å². The molecule has 1 aliphatic heterocycles. The minimum atomic E-state index is -4.64. The molecule has 8 nitrogen and oxygen atoms in total. The molecule has 162 valence electrons. The summed E-state index contributed by atoms with van der Waals surface area (Å²) in [5.41, 5.74) is 2.10. The van der Waals surface area contributed by atoms with Crippen LogP contribution in [0.2, 0.25) is 0 Å². The van der Waals surface area contributed by atoms with E-state index in [1.54, 1.807) is 0 Å². The van der Waals surface area contributed by atoms with Crippen LogP contribution in [0.5, 0.6) is 0 Å². The highest BCUT2D eigenvalue weighted by Crippen LogP contribution is 2.31. The van der Waals surface area contributed by atoms with Gasteiger partial charge in [-0.2, -0.15) is 17.5 Å². The van der Waals surface area contributed by atoms with Crippen LogP contribution in [-0.4, -0.2) is 56.1 Å². The van der Waals surface area contributed by atoms with Gasteiger partial charge in [0.15, 0.2) is 6.10 Å². The molecule has 0 saturated carbocycles. The van der Waals surface area contributed by atoms with Crippen LogP contribution < -0.4 is 10.8 Å². The highest BCUT2D eigenvalue weighted by Gasteiger charge is 2.33. The number of aliphatic hydroxyl groups is 1. The number of hydrogen-bond acceptors (Lipinski definition) is 6. The number of benzene rings is 1. The van der Waals surface area contributed by atoms with Crippen LogP contribution in [0.4, 0.5) is 13.2 Å². The number of alkyl halides is 3. The third kappa shape index (κ3) is 6.16. The van der Waals surface area contributed by atoms with E-state index >= 15 is 0 Å². The van der Waals surface area contributed by atoms with Crippen LogP contribution in [0.3, 0.4) is 0 Å². The predicted octanol–water partition coefficient (Wildman–Crippen LogP) is 1.00. The first kappa shape index (κ1) is 23.1. The molecule has 2 rings (SSSR count). The first-order valence-electron chi connectivity index (χ1n) is 8.72. The molecule has 1 aliphatic rings. The Kier molecular flexibility index (Phi) is 7.63. The summed E-state index contributed by atoms with van der Waals surface area (Å²) in [5, 5.41) is 11.1. The molecule has 0 aliphatic carbocycles. The van der Waals surface area contributed by atoms with Gasteiger partial charge in [0.05, 0.1) is 17.1 Å². The first-order valence-corrected chi connectivity index (χ1v) is 10.2. The molecule has 3 N–H and O–H groups in total. The molecule has 29 heavy (non-hydrogen) atoms. The molecule has 0 radical (unpaired) electrons. The van der Waals surface area contributed by atoms with Crippen molar-refractivity contribution >= 4 is 15.9 Å². The van der Waals surface area contributed by atoms with Crippen LogP contribution >= 0.6 is 0 Å². The zero-order valence-corrected chi connectivity index (χ0v) is 16.4. The normalized spacial score (nSPS) is 16.8. The van der Waals surface area contributed by atoms with Crippen molar-refractivity contribution in [3.63, 3.8) is 0 Å². The van der Waals surface area contributed by atoms with Crippen molar-refractivity contribution < 1.29 is 36.3 Å². The maximum absolute atomic E-state index is 12.8. The molecule has 1 heterocycles. The van der Waals surface area contributed by atoms with Crippen molar-refractivity contribution in [2.45, 2.75) is 30.5 Å². The molecule has 12 heteroatoms. The van der Waals surface area contributed by atoms with Gasteiger partial charge in [0.1, 0.15) is 0 Å². The average molecular weight is 437 g/mol. The number of rotatable bonds is 8.